The lowest BCUT2D eigenvalue weighted by Gasteiger charge is -2.25. The Morgan fingerprint density at radius 3 is 1.14 bits per heavy atom. The van der Waals surface area contributed by atoms with Crippen LogP contribution in [0.2, 0.25) is 0 Å². The Labute approximate surface area is 354 Å². The third-order valence-corrected chi connectivity index (χ3v) is 16.3. The van der Waals surface area contributed by atoms with Gasteiger partial charge in [-0.05, 0) is 126 Å². The summed E-state index contributed by atoms with van der Waals surface area (Å²) >= 11 is 0. The van der Waals surface area contributed by atoms with Crippen LogP contribution in [0, 0.1) is 11.8 Å². The van der Waals surface area contributed by atoms with E-state index in [4.69, 9.17) is 4.74 Å². The van der Waals surface area contributed by atoms with Gasteiger partial charge in [0.05, 0.1) is 41.5 Å². The summed E-state index contributed by atoms with van der Waals surface area (Å²) in [5.74, 6) is 1.58. The quantitative estimate of drug-likeness (QED) is 0.0875. The Hall–Kier alpha value is -0.530. The molecule has 0 aromatic carbocycles. The Bertz CT molecular complexity index is 1620. The van der Waals surface area contributed by atoms with E-state index in [1.165, 1.54) is 13.5 Å². The van der Waals surface area contributed by atoms with Crippen LogP contribution < -0.4 is 23.6 Å². The monoisotopic (exact) mass is 935 g/mol. The van der Waals surface area contributed by atoms with Crippen LogP contribution in [0.3, 0.4) is 0 Å². The number of methoxy groups -OCH3 is 1. The molecule has 0 unspecified atom stereocenters. The first-order chi connectivity index (χ1) is 26.5. The Morgan fingerprint density at radius 2 is 0.845 bits per heavy atom. The van der Waals surface area contributed by atoms with E-state index in [2.05, 4.69) is 35.3 Å². The summed E-state index contributed by atoms with van der Waals surface area (Å²) in [6, 6.07) is -0.00748. The van der Waals surface area contributed by atoms with Gasteiger partial charge in [-0.2, -0.15) is 0 Å². The van der Waals surface area contributed by atoms with Gasteiger partial charge in [0.25, 0.3) is 0 Å². The summed E-state index contributed by atoms with van der Waals surface area (Å²) in [6.07, 6.45) is 9.25. The van der Waals surface area contributed by atoms with Gasteiger partial charge < -0.3 is 9.47 Å². The molecule has 3 aliphatic carbocycles. The minimum atomic E-state index is -3.14. The highest BCUT2D eigenvalue weighted by Gasteiger charge is 2.35. The minimum Gasteiger partial charge on any atom is -0.384 e. The zero-order valence-electron chi connectivity index (χ0n) is 37.4. The zero-order valence-corrected chi connectivity index (χ0v) is 41.5. The van der Waals surface area contributed by atoms with Crippen LogP contribution in [-0.2, 0) is 59.6 Å². The highest BCUT2D eigenvalue weighted by Crippen LogP contribution is 2.30. The first-order valence-corrected chi connectivity index (χ1v) is 28.7. The highest BCUT2D eigenvalue weighted by molar-refractivity contribution is 7.90. The van der Waals surface area contributed by atoms with E-state index in [-0.39, 0.29) is 60.2 Å². The van der Waals surface area contributed by atoms with E-state index in [1.807, 2.05) is 41.5 Å². The van der Waals surface area contributed by atoms with Crippen molar-refractivity contribution in [2.45, 2.75) is 169 Å². The minimum absolute atomic E-state index is 0.0232. The molecule has 0 radical (unpaired) electrons. The van der Waals surface area contributed by atoms with Gasteiger partial charge in [0.1, 0.15) is 0 Å². The molecule has 0 amide bonds. The number of rotatable bonds is 24. The summed E-state index contributed by atoms with van der Waals surface area (Å²) in [5.41, 5.74) is 0. The molecule has 0 aromatic heterocycles. The SMILES string of the molecule is CC(C)NS(=O)(=O)C1CC1.CC(C)NS(=O)(=O)CC1CC1.CC(C)NS(=O)(=O)CC1CCC1.CCCCOCCS(=O)(=O)NC(C)C.COCCS(=O)(=O)NC(C)C. The first-order valence-electron chi connectivity index (χ1n) is 20.5. The Balaban J connectivity index is 0. The van der Waals surface area contributed by atoms with Crippen molar-refractivity contribution in [2.24, 2.45) is 11.8 Å². The molecule has 3 aliphatic rings. The average molecular weight is 936 g/mol. The Morgan fingerprint density at radius 1 is 0.483 bits per heavy atom. The molecule has 58 heavy (non-hydrogen) atoms. The lowest BCUT2D eigenvalue weighted by Crippen LogP contribution is -2.36. The van der Waals surface area contributed by atoms with E-state index in [0.717, 1.165) is 51.4 Å². The molecular formula is C36H81N5O12S5. The molecule has 22 heteroatoms. The molecule has 0 saturated heterocycles. The normalized spacial score (nSPS) is 16.4. The van der Waals surface area contributed by atoms with Crippen LogP contribution in [-0.4, -0.2) is 127 Å². The van der Waals surface area contributed by atoms with Gasteiger partial charge in [-0.3, -0.25) is 0 Å². The lowest BCUT2D eigenvalue weighted by molar-refractivity contribution is 0.145. The van der Waals surface area contributed by atoms with E-state index in [9.17, 15) is 42.1 Å². The molecule has 5 N–H and O–H groups in total. The van der Waals surface area contributed by atoms with Crippen molar-refractivity contribution in [2.75, 3.05) is 49.9 Å². The van der Waals surface area contributed by atoms with Crippen molar-refractivity contribution in [1.29, 1.82) is 0 Å². The molecule has 0 atom stereocenters. The first kappa shape index (κ1) is 59.6. The fraction of sp³-hybridized carbons (Fsp3) is 1.00. The van der Waals surface area contributed by atoms with Gasteiger partial charge in [-0.1, -0.05) is 19.8 Å². The maximum Gasteiger partial charge on any atom is 0.214 e. The molecule has 0 aromatic rings. The second kappa shape index (κ2) is 29.7. The van der Waals surface area contributed by atoms with Crippen molar-refractivity contribution in [3.63, 3.8) is 0 Å². The number of unbranched alkanes of at least 4 members (excludes halogenated alkanes) is 1. The van der Waals surface area contributed by atoms with Crippen LogP contribution in [0.25, 0.3) is 0 Å². The maximum absolute atomic E-state index is 11.3. The van der Waals surface area contributed by atoms with Crippen molar-refractivity contribution in [3.05, 3.63) is 0 Å². The topological polar surface area (TPSA) is 249 Å². The van der Waals surface area contributed by atoms with Gasteiger partial charge >= 0.3 is 0 Å². The van der Waals surface area contributed by atoms with E-state index >= 15 is 0 Å². The fourth-order valence-corrected chi connectivity index (χ4v) is 12.3. The van der Waals surface area contributed by atoms with E-state index in [0.29, 0.717) is 29.9 Å². The standard InChI is InChI=1S/C9H21NO3S.C8H17NO2S.C7H15NO2S.C6H15NO3S.C6H13NO2S/c1-4-5-6-13-7-8-14(11,12)10-9(2)3;1-7(2)9-12(10,11)6-8-4-3-5-8;1-6(2)8-11(9,10)5-7-3-4-7;1-6(2)7-11(8,9)5-4-10-3;1-5(2)7-10(8,9)6-3-4-6/h9-10H,4-8H2,1-3H3;7-9H,3-6H2,1-2H3;6-8H,3-5H2,1-2H3;6-7H,4-5H2,1-3H3;5-7H,3-4H2,1-2H3. The van der Waals surface area contributed by atoms with E-state index in [1.54, 1.807) is 27.7 Å². The number of sulfonamides is 5. The summed E-state index contributed by atoms with van der Waals surface area (Å²) in [4.78, 5) is 0. The van der Waals surface area contributed by atoms with E-state index < -0.39 is 50.1 Å². The predicted molar refractivity (Wildman–Crippen MR) is 236 cm³/mol. The van der Waals surface area contributed by atoms with Crippen molar-refractivity contribution in [3.8, 4) is 0 Å². The number of ether oxygens (including phenoxy) is 2. The van der Waals surface area contributed by atoms with Gasteiger partial charge in [-0.25, -0.2) is 65.7 Å². The molecule has 0 heterocycles. The number of hydrogen-bond acceptors (Lipinski definition) is 12. The summed E-state index contributed by atoms with van der Waals surface area (Å²) in [6.45, 7) is 21.4. The summed E-state index contributed by atoms with van der Waals surface area (Å²) in [5, 5.41) is -0.0881. The average Bonchev–Trinajstić information content (AvgIpc) is 3.92. The zero-order chi connectivity index (χ0) is 45.4. The van der Waals surface area contributed by atoms with Gasteiger partial charge in [0.15, 0.2) is 0 Å². The highest BCUT2D eigenvalue weighted by atomic mass is 32.2. The van der Waals surface area contributed by atoms with Crippen molar-refractivity contribution in [1.82, 2.24) is 23.6 Å². The predicted octanol–water partition coefficient (Wildman–Crippen LogP) is 3.41. The molecule has 0 spiro atoms. The van der Waals surface area contributed by atoms with Crippen LogP contribution in [0.4, 0.5) is 0 Å². The van der Waals surface area contributed by atoms with Crippen LogP contribution in [0.15, 0.2) is 0 Å². The molecule has 17 nitrogen and oxygen atoms in total. The smallest absolute Gasteiger partial charge is 0.214 e. The summed E-state index contributed by atoms with van der Waals surface area (Å²) < 4.78 is 134. The van der Waals surface area contributed by atoms with Crippen LogP contribution >= 0.6 is 0 Å². The van der Waals surface area contributed by atoms with Crippen molar-refractivity contribution < 1.29 is 51.6 Å². The maximum atomic E-state index is 11.3. The second-order valence-electron chi connectivity index (χ2n) is 16.5. The van der Waals surface area contributed by atoms with Gasteiger partial charge in [0, 0.05) is 43.9 Å². The van der Waals surface area contributed by atoms with Crippen molar-refractivity contribution >= 4 is 50.1 Å². The molecule has 3 rings (SSSR count). The van der Waals surface area contributed by atoms with Gasteiger partial charge in [-0.15, -0.1) is 0 Å². The summed E-state index contributed by atoms with van der Waals surface area (Å²) in [7, 11) is -13.7. The van der Waals surface area contributed by atoms with Crippen LogP contribution in [0.5, 0.6) is 0 Å². The number of hydrogen-bond donors (Lipinski definition) is 5. The second-order valence-corrected chi connectivity index (χ2v) is 25.8. The molecular weight excluding hydrogens is 855 g/mol. The number of nitrogens with one attached hydrogen (secondary N) is 5. The molecule has 0 aliphatic heterocycles. The van der Waals surface area contributed by atoms with Gasteiger partial charge in [0.2, 0.25) is 50.1 Å². The molecule has 352 valence electrons. The fourth-order valence-electron chi connectivity index (χ4n) is 4.73. The third kappa shape index (κ3) is 38.4. The molecule has 0 bridgehead atoms. The lowest BCUT2D eigenvalue weighted by atomic mass is 9.87. The Kier molecular flexibility index (Phi) is 30.5. The molecule has 3 fully saturated rings. The van der Waals surface area contributed by atoms with Crippen LogP contribution in [0.1, 0.15) is 134 Å². The third-order valence-electron chi connectivity index (χ3n) is 7.55. The molecule has 3 saturated carbocycles. The largest absolute Gasteiger partial charge is 0.384 e.